The molecule has 2 heterocycles. The van der Waals surface area contributed by atoms with E-state index in [1.165, 1.54) is 24.3 Å². The van der Waals surface area contributed by atoms with E-state index in [9.17, 15) is 35.6 Å². The highest BCUT2D eigenvalue weighted by atomic mass is 32.2. The van der Waals surface area contributed by atoms with E-state index < -0.39 is 51.2 Å². The molecule has 0 unspecified atom stereocenters. The molecule has 1 fully saturated rings. The Kier molecular flexibility index (Phi) is 6.59. The number of nitrogens with zero attached hydrogens (tertiary/aromatic N) is 2. The van der Waals surface area contributed by atoms with Crippen LogP contribution in [-0.4, -0.2) is 48.0 Å². The zero-order valence-electron chi connectivity index (χ0n) is 22.3. The second kappa shape index (κ2) is 9.82. The number of carbonyl (C=O) groups is 2. The first-order valence-corrected chi connectivity index (χ1v) is 14.9. The quantitative estimate of drug-likeness (QED) is 0.410. The summed E-state index contributed by atoms with van der Waals surface area (Å²) in [6.45, 7) is 0.121. The summed E-state index contributed by atoms with van der Waals surface area (Å²) in [5.74, 6) is -2.26. The molecule has 1 aromatic heterocycles. The van der Waals surface area contributed by atoms with Gasteiger partial charge in [0.1, 0.15) is 17.3 Å². The molecule has 2 aliphatic carbocycles. The number of benzene rings is 2. The molecule has 1 atom stereocenters. The van der Waals surface area contributed by atoms with Gasteiger partial charge in [-0.15, -0.1) is 0 Å². The van der Waals surface area contributed by atoms with Crippen molar-refractivity contribution in [1.29, 1.82) is 0 Å². The highest BCUT2D eigenvalue weighted by Crippen LogP contribution is 2.43. The number of aromatic nitrogens is 2. The predicted octanol–water partition coefficient (Wildman–Crippen LogP) is 4.00. The lowest BCUT2D eigenvalue weighted by atomic mass is 9.71. The minimum atomic E-state index is -4.49. The van der Waals surface area contributed by atoms with E-state index in [0.29, 0.717) is 48.8 Å². The minimum Gasteiger partial charge on any atom is -0.484 e. The normalized spacial score (nSPS) is 20.1. The van der Waals surface area contributed by atoms with E-state index in [-0.39, 0.29) is 34.8 Å². The Hall–Kier alpha value is -3.94. The molecule has 6 rings (SSSR count). The minimum absolute atomic E-state index is 0.0486. The van der Waals surface area contributed by atoms with Gasteiger partial charge in [0.25, 0.3) is 11.8 Å². The molecular weight excluding hydrogens is 580 g/mol. The maximum Gasteiger partial charge on any atom is 0.422 e. The summed E-state index contributed by atoms with van der Waals surface area (Å²) in [6, 6.07) is 8.69. The van der Waals surface area contributed by atoms with E-state index in [1.54, 1.807) is 13.0 Å². The van der Waals surface area contributed by atoms with Gasteiger partial charge in [-0.3, -0.25) is 9.59 Å². The van der Waals surface area contributed by atoms with Crippen LogP contribution < -0.4 is 14.8 Å². The van der Waals surface area contributed by atoms with Gasteiger partial charge >= 0.3 is 6.18 Å². The summed E-state index contributed by atoms with van der Waals surface area (Å²) >= 11 is 0. The lowest BCUT2D eigenvalue weighted by Gasteiger charge is -2.42. The second-order valence-corrected chi connectivity index (χ2v) is 12.9. The summed E-state index contributed by atoms with van der Waals surface area (Å²) in [7, 11) is -3.98. The molecule has 9 nitrogen and oxygen atoms in total. The lowest BCUT2D eigenvalue weighted by molar-refractivity contribution is -0.153. The Morgan fingerprint density at radius 2 is 1.98 bits per heavy atom. The first kappa shape index (κ1) is 28.2. The van der Waals surface area contributed by atoms with Crippen molar-refractivity contribution in [3.05, 3.63) is 75.9 Å². The Morgan fingerprint density at radius 3 is 2.67 bits per heavy atom. The number of rotatable bonds is 6. The number of halogens is 4. The maximum atomic E-state index is 14.6. The topological polar surface area (TPSA) is 119 Å². The largest absolute Gasteiger partial charge is 0.484 e. The Morgan fingerprint density at radius 1 is 1.21 bits per heavy atom. The lowest BCUT2D eigenvalue weighted by Crippen LogP contribution is -2.53. The molecule has 14 heteroatoms. The Balaban J connectivity index is 1.42. The van der Waals surface area contributed by atoms with Gasteiger partial charge in [-0.1, -0.05) is 12.1 Å². The zero-order valence-corrected chi connectivity index (χ0v) is 23.2. The fraction of sp³-hybridized carbons (Fsp3) is 0.393. The molecule has 42 heavy (non-hydrogen) atoms. The van der Waals surface area contributed by atoms with Gasteiger partial charge in [0.2, 0.25) is 10.0 Å². The first-order valence-electron chi connectivity index (χ1n) is 13.4. The maximum absolute atomic E-state index is 14.6. The van der Waals surface area contributed by atoms with E-state index in [0.717, 1.165) is 10.7 Å². The van der Waals surface area contributed by atoms with Crippen molar-refractivity contribution in [2.75, 3.05) is 6.61 Å². The van der Waals surface area contributed by atoms with E-state index in [1.807, 2.05) is 4.72 Å². The molecule has 1 aliphatic heterocycles. The summed E-state index contributed by atoms with van der Waals surface area (Å²) in [5, 5.41) is 6.81. The monoisotopic (exact) mass is 606 g/mol. The van der Waals surface area contributed by atoms with Gasteiger partial charge in [0.05, 0.1) is 27.7 Å². The average molecular weight is 607 g/mol. The van der Waals surface area contributed by atoms with Crippen molar-refractivity contribution in [1.82, 2.24) is 19.8 Å². The molecule has 2 N–H and O–H groups in total. The third-order valence-electron chi connectivity index (χ3n) is 7.86. The van der Waals surface area contributed by atoms with Crippen molar-refractivity contribution in [3.8, 4) is 11.4 Å². The van der Waals surface area contributed by atoms with Gasteiger partial charge in [-0.25, -0.2) is 22.2 Å². The highest BCUT2D eigenvalue weighted by Gasteiger charge is 2.47. The number of hydrogen-bond acceptors (Lipinski definition) is 6. The number of carbonyl (C=O) groups excluding carboxylic acids is 2. The van der Waals surface area contributed by atoms with Crippen LogP contribution in [0.25, 0.3) is 5.69 Å². The Labute approximate surface area is 238 Å². The third kappa shape index (κ3) is 5.12. The van der Waals surface area contributed by atoms with Gasteiger partial charge in [0, 0.05) is 6.42 Å². The van der Waals surface area contributed by atoms with Gasteiger partial charge < -0.3 is 10.1 Å². The number of hydrogen-bond donors (Lipinski definition) is 2. The summed E-state index contributed by atoms with van der Waals surface area (Å²) < 4.78 is 85.8. The van der Waals surface area contributed by atoms with Crippen molar-refractivity contribution in [2.45, 2.75) is 62.4 Å². The molecule has 0 bridgehead atoms. The van der Waals surface area contributed by atoms with Crippen LogP contribution in [0.2, 0.25) is 0 Å². The molecule has 0 radical (unpaired) electrons. The predicted molar refractivity (Wildman–Crippen MR) is 141 cm³/mol. The molecule has 222 valence electrons. The number of aryl methyl sites for hydroxylation is 2. The number of amides is 2. The van der Waals surface area contributed by atoms with Gasteiger partial charge in [0.15, 0.2) is 6.61 Å². The summed E-state index contributed by atoms with van der Waals surface area (Å²) in [5.41, 5.74) is 0.624. The van der Waals surface area contributed by atoms with Crippen molar-refractivity contribution in [3.63, 3.8) is 0 Å². The van der Waals surface area contributed by atoms with E-state index in [4.69, 9.17) is 4.74 Å². The van der Waals surface area contributed by atoms with E-state index in [2.05, 4.69) is 10.4 Å². The number of fused-ring (bicyclic) bond motifs is 3. The van der Waals surface area contributed by atoms with E-state index >= 15 is 0 Å². The molecule has 2 aromatic carbocycles. The number of ether oxygens (including phenoxy) is 1. The molecule has 1 spiro atoms. The molecule has 1 saturated carbocycles. The van der Waals surface area contributed by atoms with Gasteiger partial charge in [-0.05, 0) is 80.0 Å². The van der Waals surface area contributed by atoms with Crippen LogP contribution in [0.15, 0.2) is 36.4 Å². The fourth-order valence-corrected chi connectivity index (χ4v) is 6.99. The van der Waals surface area contributed by atoms with Crippen LogP contribution in [-0.2, 0) is 28.4 Å². The van der Waals surface area contributed by atoms with Crippen LogP contribution in [0, 0.1) is 12.7 Å². The highest BCUT2D eigenvalue weighted by molar-refractivity contribution is 7.91. The third-order valence-corrected chi connectivity index (χ3v) is 9.68. The SMILES string of the molecule is Cc1ccc(-n2nc3c(c2C(=O)NS(=O)(=O)C2CC2)C(=O)N[C@@]2(CCCc4cc(OCC(F)(F)F)ccc42)C3)cc1F. The molecule has 0 saturated heterocycles. The summed E-state index contributed by atoms with van der Waals surface area (Å²) in [6.07, 6.45) is -1.93. The van der Waals surface area contributed by atoms with Crippen LogP contribution in [0.3, 0.4) is 0 Å². The standard InChI is InChI=1S/C28H26F4N4O5S/c1-15-4-5-17(12-21(15)29)36-24(26(38)35-42(39,40)19-7-8-19)23-22(34-36)13-27(33-25(23)37)10-2-3-16-11-18(6-9-20(16)27)41-14-28(30,31)32/h4-6,9,11-12,19H,2-3,7-8,10,13-14H2,1H3,(H,33,37)(H,35,38)/t27-/m0/s1. The average Bonchev–Trinajstić information content (AvgIpc) is 3.70. The van der Waals surface area contributed by atoms with Crippen LogP contribution in [0.1, 0.15) is 68.9 Å². The van der Waals surface area contributed by atoms with Crippen LogP contribution in [0.5, 0.6) is 5.75 Å². The molecule has 3 aliphatic rings. The van der Waals surface area contributed by atoms with Crippen molar-refractivity contribution >= 4 is 21.8 Å². The van der Waals surface area contributed by atoms with Crippen LogP contribution >= 0.6 is 0 Å². The second-order valence-electron chi connectivity index (χ2n) is 11.0. The van der Waals surface area contributed by atoms with Crippen LogP contribution in [0.4, 0.5) is 17.6 Å². The fourth-order valence-electron chi connectivity index (χ4n) is 5.71. The first-order chi connectivity index (χ1) is 19.8. The van der Waals surface area contributed by atoms with Crippen molar-refractivity contribution < 1.29 is 40.3 Å². The molecule has 3 aromatic rings. The Bertz CT molecular complexity index is 1730. The smallest absolute Gasteiger partial charge is 0.422 e. The molecular formula is C28H26F4N4O5S. The molecule has 2 amide bonds. The summed E-state index contributed by atoms with van der Waals surface area (Å²) in [4.78, 5) is 27.2. The zero-order chi connectivity index (χ0) is 30.0. The number of alkyl halides is 3. The van der Waals surface area contributed by atoms with Crippen molar-refractivity contribution in [2.24, 2.45) is 0 Å². The number of nitrogens with one attached hydrogen (secondary N) is 2. The van der Waals surface area contributed by atoms with Gasteiger partial charge in [-0.2, -0.15) is 18.3 Å². The number of sulfonamides is 1.